The first-order chi connectivity index (χ1) is 15.7. The molecular weight excluding hydrogens is 443 g/mol. The van der Waals surface area contributed by atoms with Crippen LogP contribution in [0.4, 0.5) is 4.39 Å². The highest BCUT2D eigenvalue weighted by Gasteiger charge is 2.48. The van der Waals surface area contributed by atoms with Crippen molar-refractivity contribution in [2.75, 3.05) is 20.1 Å². The van der Waals surface area contributed by atoms with E-state index in [4.69, 9.17) is 4.84 Å². The van der Waals surface area contributed by atoms with Crippen LogP contribution in [-0.4, -0.2) is 59.8 Å². The second-order valence-corrected chi connectivity index (χ2v) is 11.5. The molecule has 0 bridgehead atoms. The third-order valence-electron chi connectivity index (χ3n) is 6.32. The number of halogens is 1. The fourth-order valence-corrected chi connectivity index (χ4v) is 6.45. The fourth-order valence-electron chi connectivity index (χ4n) is 4.61. The topological polar surface area (TPSA) is 76.8 Å². The molecule has 0 amide bonds. The van der Waals surface area contributed by atoms with E-state index in [1.807, 2.05) is 30.3 Å². The average Bonchev–Trinajstić information content (AvgIpc) is 3.45. The van der Waals surface area contributed by atoms with Gasteiger partial charge in [-0.1, -0.05) is 29.4 Å². The van der Waals surface area contributed by atoms with Gasteiger partial charge in [-0.2, -0.15) is 5.10 Å². The molecule has 1 aromatic heterocycles. The van der Waals surface area contributed by atoms with Gasteiger partial charge in [0.05, 0.1) is 21.9 Å². The van der Waals surface area contributed by atoms with Crippen molar-refractivity contribution >= 4 is 15.5 Å². The molecule has 2 aliphatic rings. The Balaban J connectivity index is 1.31. The van der Waals surface area contributed by atoms with Crippen LogP contribution >= 0.6 is 0 Å². The number of hydrogen-bond acceptors (Lipinski definition) is 6. The van der Waals surface area contributed by atoms with Crippen molar-refractivity contribution in [2.24, 2.45) is 5.16 Å². The lowest BCUT2D eigenvalue weighted by Gasteiger charge is -2.45. The molecule has 3 heterocycles. The molecule has 1 fully saturated rings. The van der Waals surface area contributed by atoms with Crippen LogP contribution in [0.25, 0.3) is 11.1 Å². The van der Waals surface area contributed by atoms with Crippen molar-refractivity contribution in [3.63, 3.8) is 0 Å². The number of likely N-dealkylation sites (tertiary alicyclic amines) is 1. The van der Waals surface area contributed by atoms with Crippen LogP contribution in [-0.2, 0) is 21.2 Å². The van der Waals surface area contributed by atoms with E-state index in [0.717, 1.165) is 0 Å². The molecule has 2 aliphatic heterocycles. The molecule has 1 saturated heterocycles. The molecule has 0 N–H and O–H groups in total. The largest absolute Gasteiger partial charge is 0.390 e. The Labute approximate surface area is 192 Å². The molecule has 0 spiro atoms. The van der Waals surface area contributed by atoms with Gasteiger partial charge in [0.2, 0.25) is 0 Å². The van der Waals surface area contributed by atoms with Crippen LogP contribution in [0.3, 0.4) is 0 Å². The number of aromatic nitrogens is 2. The van der Waals surface area contributed by atoms with Crippen LogP contribution in [0.2, 0.25) is 0 Å². The van der Waals surface area contributed by atoms with Gasteiger partial charge in [-0.05, 0) is 43.8 Å². The molecule has 3 aromatic rings. The predicted molar refractivity (Wildman–Crippen MR) is 123 cm³/mol. The van der Waals surface area contributed by atoms with Crippen LogP contribution in [0.5, 0.6) is 0 Å². The minimum absolute atomic E-state index is 0.144. The summed E-state index contributed by atoms with van der Waals surface area (Å²) in [4.78, 5) is 7.72. The average molecular weight is 469 g/mol. The number of sulfone groups is 1. The lowest BCUT2D eigenvalue weighted by molar-refractivity contribution is 0.0698. The SMILES string of the molecule is CN1CC(C)(S(=O)(=O)c2ccc(-c3ccc(C4=NO[C@@H](Cn5cccn5)C4)cc3F)cc2)C1. The van der Waals surface area contributed by atoms with Crippen molar-refractivity contribution in [1.29, 1.82) is 0 Å². The zero-order valence-corrected chi connectivity index (χ0v) is 19.3. The maximum absolute atomic E-state index is 15.0. The van der Waals surface area contributed by atoms with Gasteiger partial charge >= 0.3 is 0 Å². The van der Waals surface area contributed by atoms with Crippen molar-refractivity contribution < 1.29 is 17.6 Å². The summed E-state index contributed by atoms with van der Waals surface area (Å²) in [5.41, 5.74) is 2.39. The maximum Gasteiger partial charge on any atom is 0.186 e. The number of nitrogens with zero attached hydrogens (tertiary/aromatic N) is 4. The van der Waals surface area contributed by atoms with E-state index in [2.05, 4.69) is 10.3 Å². The first-order valence-corrected chi connectivity index (χ1v) is 12.3. The Morgan fingerprint density at radius 1 is 1.15 bits per heavy atom. The van der Waals surface area contributed by atoms with Gasteiger partial charge in [0.1, 0.15) is 5.82 Å². The van der Waals surface area contributed by atoms with Crippen LogP contribution in [0, 0.1) is 5.82 Å². The zero-order valence-electron chi connectivity index (χ0n) is 18.5. The Morgan fingerprint density at radius 3 is 2.52 bits per heavy atom. The molecule has 0 radical (unpaired) electrons. The van der Waals surface area contributed by atoms with Gasteiger partial charge in [-0.3, -0.25) is 4.68 Å². The van der Waals surface area contributed by atoms with Crippen molar-refractivity contribution in [1.82, 2.24) is 14.7 Å². The van der Waals surface area contributed by atoms with Crippen LogP contribution in [0.1, 0.15) is 18.9 Å². The van der Waals surface area contributed by atoms with Gasteiger partial charge in [0, 0.05) is 43.0 Å². The Hall–Kier alpha value is -3.04. The summed E-state index contributed by atoms with van der Waals surface area (Å²) in [6.45, 7) is 3.35. The summed E-state index contributed by atoms with van der Waals surface area (Å²) in [6, 6.07) is 13.3. The summed E-state index contributed by atoms with van der Waals surface area (Å²) in [5, 5.41) is 8.30. The van der Waals surface area contributed by atoms with Gasteiger partial charge in [-0.25, -0.2) is 12.8 Å². The van der Waals surface area contributed by atoms with Gasteiger partial charge in [-0.15, -0.1) is 0 Å². The zero-order chi connectivity index (χ0) is 23.2. The van der Waals surface area contributed by atoms with Gasteiger partial charge in [0.25, 0.3) is 0 Å². The Bertz CT molecular complexity index is 1300. The van der Waals surface area contributed by atoms with E-state index in [1.165, 1.54) is 6.07 Å². The fraction of sp³-hybridized carbons (Fsp3) is 0.333. The molecule has 5 rings (SSSR count). The first kappa shape index (κ1) is 21.8. The van der Waals surface area contributed by atoms with Crippen molar-refractivity contribution in [2.45, 2.75) is 35.6 Å². The summed E-state index contributed by atoms with van der Waals surface area (Å²) in [5.74, 6) is -0.395. The highest BCUT2D eigenvalue weighted by molar-refractivity contribution is 7.93. The highest BCUT2D eigenvalue weighted by atomic mass is 32.2. The third-order valence-corrected chi connectivity index (χ3v) is 8.77. The molecule has 0 aliphatic carbocycles. The Morgan fingerprint density at radius 2 is 1.88 bits per heavy atom. The number of hydrogen-bond donors (Lipinski definition) is 0. The third kappa shape index (κ3) is 3.95. The summed E-state index contributed by atoms with van der Waals surface area (Å²) in [6.07, 6.45) is 3.99. The molecular formula is C24H25FN4O3S. The second-order valence-electron chi connectivity index (χ2n) is 9.04. The van der Waals surface area contributed by atoms with Crippen molar-refractivity contribution in [3.05, 3.63) is 72.3 Å². The van der Waals surface area contributed by atoms with Gasteiger partial charge < -0.3 is 9.74 Å². The van der Waals surface area contributed by atoms with E-state index >= 15 is 0 Å². The number of benzene rings is 2. The molecule has 33 heavy (non-hydrogen) atoms. The van der Waals surface area contributed by atoms with Gasteiger partial charge in [0.15, 0.2) is 15.9 Å². The molecule has 2 aromatic carbocycles. The molecule has 172 valence electrons. The van der Waals surface area contributed by atoms with E-state index in [9.17, 15) is 12.8 Å². The predicted octanol–water partition coefficient (Wildman–Crippen LogP) is 3.36. The number of oxime groups is 1. The minimum atomic E-state index is -3.46. The molecule has 9 heteroatoms. The molecule has 0 unspecified atom stereocenters. The lowest BCUT2D eigenvalue weighted by Crippen LogP contribution is -2.62. The summed E-state index contributed by atoms with van der Waals surface area (Å²) < 4.78 is 42.0. The monoisotopic (exact) mass is 468 g/mol. The molecule has 1 atom stereocenters. The first-order valence-electron chi connectivity index (χ1n) is 10.8. The van der Waals surface area contributed by atoms with Crippen molar-refractivity contribution in [3.8, 4) is 11.1 Å². The quantitative estimate of drug-likeness (QED) is 0.555. The lowest BCUT2D eigenvalue weighted by atomic mass is 9.99. The minimum Gasteiger partial charge on any atom is -0.390 e. The Kier molecular flexibility index (Phi) is 5.33. The maximum atomic E-state index is 15.0. The van der Waals surface area contributed by atoms with E-state index in [0.29, 0.717) is 48.5 Å². The highest BCUT2D eigenvalue weighted by Crippen LogP contribution is 2.34. The summed E-state index contributed by atoms with van der Waals surface area (Å²) in [7, 11) is -1.56. The smallest absolute Gasteiger partial charge is 0.186 e. The van der Waals surface area contributed by atoms with E-state index in [-0.39, 0.29) is 11.0 Å². The van der Waals surface area contributed by atoms with E-state index in [1.54, 1.807) is 48.1 Å². The number of rotatable bonds is 6. The standard InChI is InChI=1S/C24H25FN4O3S/c1-24(15-28(2)16-24)33(30,31)20-7-4-17(5-8-20)21-9-6-18(12-22(21)25)23-13-19(32-27-23)14-29-11-3-10-26-29/h3-12,19H,13-16H2,1-2H3/t19-/m1/s1. The molecule has 0 saturated carbocycles. The van der Waals surface area contributed by atoms with Crippen LogP contribution in [0.15, 0.2) is 71.0 Å². The van der Waals surface area contributed by atoms with E-state index < -0.39 is 20.4 Å². The molecule has 7 nitrogen and oxygen atoms in total. The summed E-state index contributed by atoms with van der Waals surface area (Å²) >= 11 is 0. The van der Waals surface area contributed by atoms with Crippen LogP contribution < -0.4 is 0 Å². The second kappa shape index (κ2) is 8.07. The normalized spacial score (nSPS) is 20.2.